The minimum absolute atomic E-state index is 0.00816. The number of nitrogens with two attached hydrogens (primary N) is 1. The van der Waals surface area contributed by atoms with Gasteiger partial charge in [-0.05, 0) is 37.0 Å². The molecule has 2 rings (SSSR count). The van der Waals surface area contributed by atoms with Crippen molar-refractivity contribution in [2.24, 2.45) is 5.73 Å². The van der Waals surface area contributed by atoms with E-state index in [1.165, 1.54) is 12.1 Å². The minimum Gasteiger partial charge on any atom is -0.508 e. The molecule has 12 nitrogen and oxygen atoms in total. The van der Waals surface area contributed by atoms with Crippen molar-refractivity contribution in [2.75, 3.05) is 12.3 Å². The van der Waals surface area contributed by atoms with E-state index in [0.29, 0.717) is 12.0 Å². The Morgan fingerprint density at radius 1 is 1.06 bits per heavy atom. The molecule has 0 saturated carbocycles. The van der Waals surface area contributed by atoms with Crippen LogP contribution in [0.4, 0.5) is 0 Å². The van der Waals surface area contributed by atoms with Gasteiger partial charge in [0.2, 0.25) is 17.7 Å². The average Bonchev–Trinajstić information content (AvgIpc) is 3.31. The predicted molar refractivity (Wildman–Crippen MR) is 127 cm³/mol. The zero-order valence-electron chi connectivity index (χ0n) is 18.9. The SMILES string of the molecule is NC(CS)C(=O)NC(Cc1ccc(O)cc1)C(=O)NC(CCC(=O)O)C(=O)N1CCCC1C(=O)O. The van der Waals surface area contributed by atoms with E-state index in [2.05, 4.69) is 23.3 Å². The second kappa shape index (κ2) is 13.0. The van der Waals surface area contributed by atoms with Crippen molar-refractivity contribution in [3.05, 3.63) is 29.8 Å². The maximum absolute atomic E-state index is 13.2. The highest BCUT2D eigenvalue weighted by molar-refractivity contribution is 7.80. The van der Waals surface area contributed by atoms with Gasteiger partial charge in [0.25, 0.3) is 0 Å². The van der Waals surface area contributed by atoms with Gasteiger partial charge in [-0.3, -0.25) is 19.2 Å². The third-order valence-corrected chi connectivity index (χ3v) is 6.02. The van der Waals surface area contributed by atoms with Crippen molar-refractivity contribution in [2.45, 2.75) is 56.3 Å². The molecule has 3 amide bonds. The number of nitrogens with one attached hydrogen (secondary N) is 2. The first-order valence-electron chi connectivity index (χ1n) is 11.0. The summed E-state index contributed by atoms with van der Waals surface area (Å²) in [6.07, 6.45) is -0.00964. The number of carboxylic acid groups (broad SMARTS) is 2. The van der Waals surface area contributed by atoms with Crippen LogP contribution in [-0.4, -0.2) is 86.3 Å². The molecule has 1 saturated heterocycles. The van der Waals surface area contributed by atoms with Gasteiger partial charge in [0.15, 0.2) is 0 Å². The van der Waals surface area contributed by atoms with E-state index in [4.69, 9.17) is 10.8 Å². The fraction of sp³-hybridized carbons (Fsp3) is 0.500. The largest absolute Gasteiger partial charge is 0.508 e. The number of thiol groups is 1. The molecule has 1 fully saturated rings. The number of benzene rings is 1. The molecule has 13 heteroatoms. The van der Waals surface area contributed by atoms with E-state index in [0.717, 1.165) is 4.90 Å². The number of carbonyl (C=O) groups is 5. The summed E-state index contributed by atoms with van der Waals surface area (Å²) in [5, 5.41) is 33.0. The Morgan fingerprint density at radius 2 is 1.69 bits per heavy atom. The normalized spacial score (nSPS) is 17.8. The van der Waals surface area contributed by atoms with Gasteiger partial charge in [0, 0.05) is 25.1 Å². The van der Waals surface area contributed by atoms with Gasteiger partial charge in [0.05, 0.1) is 6.04 Å². The van der Waals surface area contributed by atoms with Crippen LogP contribution in [0, 0.1) is 0 Å². The van der Waals surface area contributed by atoms with Crippen LogP contribution >= 0.6 is 12.6 Å². The number of hydrogen-bond donors (Lipinski definition) is 7. The summed E-state index contributed by atoms with van der Waals surface area (Å²) in [5.74, 6) is -4.48. The van der Waals surface area contributed by atoms with E-state index >= 15 is 0 Å². The number of rotatable bonds is 12. The Kier molecular flexibility index (Phi) is 10.3. The number of carboxylic acids is 2. The summed E-state index contributed by atoms with van der Waals surface area (Å²) in [6, 6.07) is 1.35. The Balaban J connectivity index is 2.25. The summed E-state index contributed by atoms with van der Waals surface area (Å²) in [7, 11) is 0. The molecular weight excluding hydrogens is 480 g/mol. The maximum atomic E-state index is 13.2. The topological polar surface area (TPSA) is 199 Å². The molecule has 1 aromatic carbocycles. The number of phenolic OH excluding ortho intramolecular Hbond substituents is 1. The van der Waals surface area contributed by atoms with Crippen LogP contribution in [-0.2, 0) is 30.4 Å². The standard InChI is InChI=1S/C22H30N4O8S/c23-14(11-35)19(30)25-16(10-12-3-5-13(27)6-4-12)20(31)24-15(7-8-18(28)29)21(32)26-9-1-2-17(26)22(33)34/h3-6,14-17,27,35H,1-2,7-11,23H2,(H,24,31)(H,25,30)(H,28,29)(H,33,34). The lowest BCUT2D eigenvalue weighted by atomic mass is 10.0. The predicted octanol–water partition coefficient (Wildman–Crippen LogP) is -0.898. The molecule has 4 atom stereocenters. The van der Waals surface area contributed by atoms with Gasteiger partial charge in [-0.25, -0.2) is 4.79 Å². The quantitative estimate of drug-likeness (QED) is 0.174. The summed E-state index contributed by atoms with van der Waals surface area (Å²) >= 11 is 3.98. The lowest BCUT2D eigenvalue weighted by Crippen LogP contribution is -2.57. The molecule has 0 aromatic heterocycles. The molecule has 1 heterocycles. The van der Waals surface area contributed by atoms with Crippen LogP contribution in [0.3, 0.4) is 0 Å². The fourth-order valence-corrected chi connectivity index (χ4v) is 3.89. The van der Waals surface area contributed by atoms with E-state index in [9.17, 15) is 34.2 Å². The molecule has 1 aliphatic rings. The highest BCUT2D eigenvalue weighted by Crippen LogP contribution is 2.20. The molecular formula is C22H30N4O8S. The zero-order chi connectivity index (χ0) is 26.1. The third-order valence-electron chi connectivity index (χ3n) is 5.63. The number of hydrogen-bond acceptors (Lipinski definition) is 8. The number of amides is 3. The van der Waals surface area contributed by atoms with Crippen LogP contribution in [0.15, 0.2) is 24.3 Å². The van der Waals surface area contributed by atoms with Crippen molar-refractivity contribution in [1.82, 2.24) is 15.5 Å². The molecule has 0 bridgehead atoms. The van der Waals surface area contributed by atoms with Crippen LogP contribution in [0.5, 0.6) is 5.75 Å². The van der Waals surface area contributed by atoms with Gasteiger partial charge >= 0.3 is 11.9 Å². The fourth-order valence-electron chi connectivity index (χ4n) is 3.72. The summed E-state index contributed by atoms with van der Waals surface area (Å²) in [4.78, 5) is 62.4. The Bertz CT molecular complexity index is 942. The third kappa shape index (κ3) is 8.14. The van der Waals surface area contributed by atoms with E-state index in [-0.39, 0.29) is 37.3 Å². The number of aromatic hydroxyl groups is 1. The second-order valence-electron chi connectivity index (χ2n) is 8.24. The zero-order valence-corrected chi connectivity index (χ0v) is 19.8. The number of nitrogens with zero attached hydrogens (tertiary/aromatic N) is 1. The monoisotopic (exact) mass is 510 g/mol. The van der Waals surface area contributed by atoms with Gasteiger partial charge in [0.1, 0.15) is 23.9 Å². The number of phenols is 1. The van der Waals surface area contributed by atoms with Gasteiger partial charge in [-0.2, -0.15) is 12.6 Å². The van der Waals surface area contributed by atoms with Gasteiger partial charge in [-0.15, -0.1) is 0 Å². The van der Waals surface area contributed by atoms with Crippen molar-refractivity contribution in [1.29, 1.82) is 0 Å². The highest BCUT2D eigenvalue weighted by Gasteiger charge is 2.38. The van der Waals surface area contributed by atoms with Crippen molar-refractivity contribution >= 4 is 42.3 Å². The smallest absolute Gasteiger partial charge is 0.326 e. The first-order valence-corrected chi connectivity index (χ1v) is 11.7. The molecule has 35 heavy (non-hydrogen) atoms. The number of carbonyl (C=O) groups excluding carboxylic acids is 3. The lowest BCUT2D eigenvalue weighted by molar-refractivity contribution is -0.150. The molecule has 192 valence electrons. The minimum atomic E-state index is -1.31. The molecule has 4 unspecified atom stereocenters. The van der Waals surface area contributed by atoms with Crippen molar-refractivity contribution < 1.29 is 39.3 Å². The van der Waals surface area contributed by atoms with E-state index in [1.807, 2.05) is 0 Å². The first-order chi connectivity index (χ1) is 16.5. The van der Waals surface area contributed by atoms with Gasteiger partial charge < -0.3 is 36.6 Å². The van der Waals surface area contributed by atoms with Gasteiger partial charge in [-0.1, -0.05) is 12.1 Å². The number of aliphatic carboxylic acids is 2. The molecule has 1 aliphatic heterocycles. The van der Waals surface area contributed by atoms with Crippen LogP contribution < -0.4 is 16.4 Å². The maximum Gasteiger partial charge on any atom is 0.326 e. The lowest BCUT2D eigenvalue weighted by Gasteiger charge is -2.29. The second-order valence-corrected chi connectivity index (χ2v) is 8.61. The van der Waals surface area contributed by atoms with Crippen molar-refractivity contribution in [3.8, 4) is 5.75 Å². The summed E-state index contributed by atoms with van der Waals surface area (Å²) in [5.41, 5.74) is 6.28. The van der Waals surface area contributed by atoms with Crippen molar-refractivity contribution in [3.63, 3.8) is 0 Å². The molecule has 1 aromatic rings. The average molecular weight is 511 g/mol. The van der Waals surface area contributed by atoms with Crippen LogP contribution in [0.25, 0.3) is 0 Å². The Hall–Kier alpha value is -3.32. The number of likely N-dealkylation sites (tertiary alicyclic amines) is 1. The van der Waals surface area contributed by atoms with Crippen LogP contribution in [0.1, 0.15) is 31.2 Å². The molecule has 0 spiro atoms. The summed E-state index contributed by atoms with van der Waals surface area (Å²) < 4.78 is 0. The molecule has 0 radical (unpaired) electrons. The first kappa shape index (κ1) is 27.9. The Morgan fingerprint density at radius 3 is 2.26 bits per heavy atom. The van der Waals surface area contributed by atoms with Crippen LogP contribution in [0.2, 0.25) is 0 Å². The van der Waals surface area contributed by atoms with E-state index in [1.54, 1.807) is 12.1 Å². The molecule has 0 aliphatic carbocycles. The Labute approximate surface area is 207 Å². The van der Waals surface area contributed by atoms with E-state index < -0.39 is 60.2 Å². The summed E-state index contributed by atoms with van der Waals surface area (Å²) in [6.45, 7) is 0.166. The molecule has 7 N–H and O–H groups in total. The highest BCUT2D eigenvalue weighted by atomic mass is 32.1.